The number of benzene rings is 1. The Bertz CT molecular complexity index is 953. The minimum atomic E-state index is -4.56. The molecule has 0 saturated heterocycles. The lowest BCUT2D eigenvalue weighted by Crippen LogP contribution is -2.42. The number of halogens is 5. The van der Waals surface area contributed by atoms with Gasteiger partial charge in [-0.3, -0.25) is 9.59 Å². The minimum absolute atomic E-state index is 0.0906. The summed E-state index contributed by atoms with van der Waals surface area (Å²) in [6, 6.07) is 2.70. The van der Waals surface area contributed by atoms with E-state index in [1.54, 1.807) is 6.92 Å². The van der Waals surface area contributed by atoms with Crippen LogP contribution in [0.1, 0.15) is 52.0 Å². The number of alkyl halides is 3. The van der Waals surface area contributed by atoms with Gasteiger partial charge in [-0.1, -0.05) is 42.2 Å². The minimum Gasteiger partial charge on any atom is -0.611 e. The molecule has 0 spiro atoms. The highest BCUT2D eigenvalue weighted by molar-refractivity contribution is 7.92. The van der Waals surface area contributed by atoms with E-state index in [0.717, 1.165) is 18.2 Å². The largest absolute Gasteiger partial charge is 0.611 e. The molecule has 1 fully saturated rings. The molecule has 0 aliphatic heterocycles. The lowest BCUT2D eigenvalue weighted by molar-refractivity contribution is -0.138. The van der Waals surface area contributed by atoms with Gasteiger partial charge < -0.3 is 9.39 Å². The average molecular weight is 554 g/mol. The van der Waals surface area contributed by atoms with Crippen molar-refractivity contribution in [2.45, 2.75) is 62.8 Å². The van der Waals surface area contributed by atoms with Crippen molar-refractivity contribution in [1.82, 2.24) is 0 Å². The number of nitrogens with zero attached hydrogens (tertiary/aromatic N) is 1. The van der Waals surface area contributed by atoms with Crippen LogP contribution in [0.3, 0.4) is 0 Å². The van der Waals surface area contributed by atoms with Gasteiger partial charge in [0.1, 0.15) is 29.3 Å². The number of Topliss-reactive ketones (excluding diaryl/α,β-unsaturated/α-hetero) is 2. The third-order valence-electron chi connectivity index (χ3n) is 5.97. The van der Waals surface area contributed by atoms with Gasteiger partial charge in [-0.05, 0) is 67.1 Å². The summed E-state index contributed by atoms with van der Waals surface area (Å²) >= 11 is 9.73. The molecule has 1 aromatic rings. The van der Waals surface area contributed by atoms with Crippen LogP contribution in [0.25, 0.3) is 0 Å². The molecule has 11 heteroatoms. The Labute approximate surface area is 216 Å². The van der Waals surface area contributed by atoms with E-state index >= 15 is 0 Å². The van der Waals surface area contributed by atoms with Crippen LogP contribution in [0.15, 0.2) is 39.9 Å². The van der Waals surface area contributed by atoms with Crippen LogP contribution in [-0.4, -0.2) is 33.7 Å². The van der Waals surface area contributed by atoms with E-state index in [-0.39, 0.29) is 59.2 Å². The molecule has 1 saturated carbocycles. The summed E-state index contributed by atoms with van der Waals surface area (Å²) in [5, 5.41) is 3.30. The third kappa shape index (κ3) is 7.97. The zero-order chi connectivity index (χ0) is 26.3. The van der Waals surface area contributed by atoms with Crippen molar-refractivity contribution in [1.29, 1.82) is 0 Å². The predicted molar refractivity (Wildman–Crippen MR) is 131 cm³/mol. The number of ketones is 2. The predicted octanol–water partition coefficient (Wildman–Crippen LogP) is 6.58. The molecule has 0 aromatic heterocycles. The van der Waals surface area contributed by atoms with Gasteiger partial charge in [0.2, 0.25) is 0 Å². The van der Waals surface area contributed by atoms with Crippen LogP contribution in [0.4, 0.5) is 13.2 Å². The third-order valence-corrected chi connectivity index (χ3v) is 8.29. The first kappa shape index (κ1) is 29.7. The smallest absolute Gasteiger partial charge is 0.416 e. The highest BCUT2D eigenvalue weighted by Gasteiger charge is 2.42. The molecule has 1 aliphatic rings. The molecule has 5 nitrogen and oxygen atoms in total. The normalized spacial score (nSPS) is 22.4. The van der Waals surface area contributed by atoms with E-state index in [0.29, 0.717) is 12.1 Å². The molecule has 0 N–H and O–H groups in total. The number of hydrogen-bond acceptors (Lipinski definition) is 5. The van der Waals surface area contributed by atoms with Gasteiger partial charge in [0.25, 0.3) is 0 Å². The summed E-state index contributed by atoms with van der Waals surface area (Å²) in [6.45, 7) is 5.56. The van der Waals surface area contributed by atoms with E-state index in [1.165, 1.54) is 11.6 Å². The van der Waals surface area contributed by atoms with Gasteiger partial charge in [-0.2, -0.15) is 13.2 Å². The maximum Gasteiger partial charge on any atom is 0.416 e. The van der Waals surface area contributed by atoms with Crippen LogP contribution in [0.2, 0.25) is 5.02 Å². The van der Waals surface area contributed by atoms with Crippen molar-refractivity contribution in [3.63, 3.8) is 0 Å². The Hall–Kier alpha value is -1.55. The van der Waals surface area contributed by atoms with Gasteiger partial charge in [0.05, 0.1) is 16.3 Å². The van der Waals surface area contributed by atoms with Crippen LogP contribution >= 0.6 is 23.2 Å². The molecule has 35 heavy (non-hydrogen) atoms. The number of hydrogen-bond donors (Lipinski definition) is 0. The van der Waals surface area contributed by atoms with Crippen LogP contribution in [0, 0.1) is 17.8 Å². The summed E-state index contributed by atoms with van der Waals surface area (Å²) in [4.78, 5) is 31.3. The van der Waals surface area contributed by atoms with Gasteiger partial charge in [0, 0.05) is 18.4 Å². The quantitative estimate of drug-likeness (QED) is 0.108. The molecule has 0 bridgehead atoms. The Kier molecular flexibility index (Phi) is 11.1. The Balaban J connectivity index is 2.10. The molecular formula is C24H28Cl2F3NO4S. The average Bonchev–Trinajstić information content (AvgIpc) is 2.78. The molecule has 2 rings (SSSR count). The lowest BCUT2D eigenvalue weighted by atomic mass is 9.73. The van der Waals surface area contributed by atoms with Gasteiger partial charge in [0.15, 0.2) is 4.90 Å². The molecule has 1 aromatic carbocycles. The first-order valence-corrected chi connectivity index (χ1v) is 13.2. The van der Waals surface area contributed by atoms with E-state index < -0.39 is 34.1 Å². The zero-order valence-corrected chi connectivity index (χ0v) is 21.9. The summed E-state index contributed by atoms with van der Waals surface area (Å²) in [5.74, 6) is -2.00. The Morgan fingerprint density at radius 3 is 2.43 bits per heavy atom. The van der Waals surface area contributed by atoms with Gasteiger partial charge in [-0.15, -0.1) is 0 Å². The van der Waals surface area contributed by atoms with Crippen molar-refractivity contribution in [2.24, 2.45) is 22.9 Å². The molecule has 3 unspecified atom stereocenters. The highest BCUT2D eigenvalue weighted by atomic mass is 35.5. The number of rotatable bonds is 10. The van der Waals surface area contributed by atoms with Crippen molar-refractivity contribution in [3.05, 3.63) is 40.4 Å². The van der Waals surface area contributed by atoms with Crippen molar-refractivity contribution in [2.75, 3.05) is 6.61 Å². The van der Waals surface area contributed by atoms with Crippen LogP contribution < -0.4 is 0 Å². The van der Waals surface area contributed by atoms with E-state index in [9.17, 15) is 27.3 Å². The molecule has 194 valence electrons. The van der Waals surface area contributed by atoms with E-state index in [2.05, 4.69) is 5.16 Å². The van der Waals surface area contributed by atoms with Crippen molar-refractivity contribution >= 4 is 51.7 Å². The second kappa shape index (κ2) is 13.1. The molecular weight excluding hydrogens is 526 g/mol. The Morgan fingerprint density at radius 1 is 1.29 bits per heavy atom. The summed E-state index contributed by atoms with van der Waals surface area (Å²) in [6.07, 6.45) is -1.87. The first-order chi connectivity index (χ1) is 16.4. The number of oxime groups is 1. The fourth-order valence-corrected chi connectivity index (χ4v) is 5.81. The second-order valence-electron chi connectivity index (χ2n) is 8.61. The van der Waals surface area contributed by atoms with Crippen LogP contribution in [0.5, 0.6) is 0 Å². The molecule has 0 amide bonds. The maximum absolute atomic E-state index is 13.0. The molecule has 0 radical (unpaired) electrons. The van der Waals surface area contributed by atoms with Crippen LogP contribution in [-0.2, 0) is 31.8 Å². The maximum atomic E-state index is 13.0. The fraction of sp³-hybridized carbons (Fsp3) is 0.542. The highest BCUT2D eigenvalue weighted by Crippen LogP contribution is 2.36. The lowest BCUT2D eigenvalue weighted by Gasteiger charge is -2.30. The van der Waals surface area contributed by atoms with Crippen molar-refractivity contribution < 1.29 is 32.2 Å². The fourth-order valence-electron chi connectivity index (χ4n) is 3.99. The van der Waals surface area contributed by atoms with Crippen molar-refractivity contribution in [3.8, 4) is 0 Å². The summed E-state index contributed by atoms with van der Waals surface area (Å²) < 4.78 is 51.6. The number of carbonyl (C=O) groups excluding carboxylic acids is 2. The van der Waals surface area contributed by atoms with E-state index in [4.69, 9.17) is 28.0 Å². The second-order valence-corrected chi connectivity index (χ2v) is 11.1. The monoisotopic (exact) mass is 553 g/mol. The molecule has 1 aliphatic carbocycles. The summed E-state index contributed by atoms with van der Waals surface area (Å²) in [7, 11) is 0. The van der Waals surface area contributed by atoms with E-state index in [1.807, 2.05) is 13.8 Å². The van der Waals surface area contributed by atoms with Gasteiger partial charge >= 0.3 is 6.18 Å². The first-order valence-electron chi connectivity index (χ1n) is 11.2. The summed E-state index contributed by atoms with van der Waals surface area (Å²) in [5.41, 5.74) is 0.743. The zero-order valence-electron chi connectivity index (χ0n) is 19.6. The molecule has 0 heterocycles. The topological polar surface area (TPSA) is 78.8 Å². The van der Waals surface area contributed by atoms with Gasteiger partial charge in [-0.25, -0.2) is 0 Å². The Morgan fingerprint density at radius 2 is 1.91 bits per heavy atom. The molecule has 3 atom stereocenters. The SMILES string of the molecule is CCC(C)C(=NOCC=CCl)[C@H]1C(=O)C[C@H](CC(C)[S+]([O-])c2ccc(C(F)(F)F)cc2Cl)CC1=O. The standard InChI is InChI=1S/C24H28Cl2F3NO4S/c1-4-14(2)23(30-34-9-5-8-25)22-19(31)11-16(12-20(22)32)10-15(3)35(33)21-7-6-17(13-18(21)26)24(27,28)29/h5-8,13-16,22H,4,9-12H2,1-3H3/t14?,15?,16-,22-,35?. The number of carbonyl (C=O) groups is 2.